The van der Waals surface area contributed by atoms with Gasteiger partial charge in [-0.25, -0.2) is 0 Å². The van der Waals surface area contributed by atoms with E-state index in [1.807, 2.05) is 0 Å². The Hall–Kier alpha value is -2.60. The predicted octanol–water partition coefficient (Wildman–Crippen LogP) is 3.00. The molecule has 0 radical (unpaired) electrons. The molecular weight excluding hydrogens is 332 g/mol. The van der Waals surface area contributed by atoms with E-state index in [0.717, 1.165) is 6.54 Å². The van der Waals surface area contributed by atoms with Crippen molar-refractivity contribution in [3.05, 3.63) is 47.2 Å². The largest absolute Gasteiger partial charge is 0.481 e. The highest BCUT2D eigenvalue weighted by molar-refractivity contribution is 5.88. The van der Waals surface area contributed by atoms with E-state index in [4.69, 9.17) is 10.2 Å². The van der Waals surface area contributed by atoms with Crippen LogP contribution in [0.3, 0.4) is 0 Å². The van der Waals surface area contributed by atoms with E-state index in [0.29, 0.717) is 12.0 Å². The van der Waals surface area contributed by atoms with Gasteiger partial charge < -0.3 is 15.2 Å². The van der Waals surface area contributed by atoms with Gasteiger partial charge in [0, 0.05) is 35.6 Å². The molecule has 2 atom stereocenters. The summed E-state index contributed by atoms with van der Waals surface area (Å²) in [5.74, 6) is -1.59. The predicted molar refractivity (Wildman–Crippen MR) is 99.4 cm³/mol. The molecule has 2 aromatic rings. The lowest BCUT2D eigenvalue weighted by Gasteiger charge is -2.40. The van der Waals surface area contributed by atoms with Crippen molar-refractivity contribution < 1.29 is 19.8 Å². The molecule has 1 aliphatic heterocycles. The molecule has 0 amide bonds. The third-order valence-electron chi connectivity index (χ3n) is 5.10. The van der Waals surface area contributed by atoms with E-state index in [9.17, 15) is 9.59 Å². The third kappa shape index (κ3) is 3.65. The number of rotatable bonds is 3. The van der Waals surface area contributed by atoms with E-state index >= 15 is 0 Å². The van der Waals surface area contributed by atoms with Crippen LogP contribution in [0.1, 0.15) is 36.8 Å². The molecule has 2 aliphatic rings. The zero-order valence-electron chi connectivity index (χ0n) is 15.0. The lowest BCUT2D eigenvalue weighted by atomic mass is 9.77. The highest BCUT2D eigenvalue weighted by Gasteiger charge is 2.34. The normalized spacial score (nSPS) is 21.4. The molecule has 2 heterocycles. The molecule has 0 saturated heterocycles. The molecule has 0 saturated carbocycles. The van der Waals surface area contributed by atoms with Gasteiger partial charge in [-0.1, -0.05) is 23.8 Å². The molecule has 1 aliphatic carbocycles. The Morgan fingerprint density at radius 3 is 2.58 bits per heavy atom. The number of aromatic nitrogens is 1. The summed E-state index contributed by atoms with van der Waals surface area (Å²) in [5, 5.41) is 17.3. The van der Waals surface area contributed by atoms with Crippen LogP contribution in [0.25, 0.3) is 10.9 Å². The molecule has 3 N–H and O–H groups in total. The van der Waals surface area contributed by atoms with E-state index in [1.54, 1.807) is 0 Å². The van der Waals surface area contributed by atoms with Crippen LogP contribution in [-0.4, -0.2) is 51.7 Å². The molecule has 6 nitrogen and oxygen atoms in total. The van der Waals surface area contributed by atoms with Gasteiger partial charge in [0.25, 0.3) is 0 Å². The van der Waals surface area contributed by atoms with Gasteiger partial charge in [0.15, 0.2) is 0 Å². The number of benzene rings is 1. The maximum atomic E-state index is 9.64. The number of H-pyrrole nitrogens is 1. The van der Waals surface area contributed by atoms with Gasteiger partial charge in [-0.05, 0) is 37.6 Å². The molecule has 1 aromatic carbocycles. The zero-order chi connectivity index (χ0) is 18.8. The summed E-state index contributed by atoms with van der Waals surface area (Å²) in [4.78, 5) is 25.2. The SMILES string of the molecule is CC1=C[C@@H]2c3cccc4[nH]cc(c34)C[C@H]2N(C)C1.O=C(O)CCC(=O)O. The fraction of sp³-hybridized carbons (Fsp3) is 0.400. The number of aliphatic carboxylic acids is 2. The topological polar surface area (TPSA) is 93.6 Å². The Labute approximate surface area is 152 Å². The number of hydrogen-bond acceptors (Lipinski definition) is 3. The number of nitrogens with one attached hydrogen (secondary N) is 1. The van der Waals surface area contributed by atoms with Crippen molar-refractivity contribution in [1.29, 1.82) is 0 Å². The highest BCUT2D eigenvalue weighted by atomic mass is 16.4. The Kier molecular flexibility index (Phi) is 5.13. The molecule has 0 bridgehead atoms. The monoisotopic (exact) mass is 356 g/mol. The number of fused-ring (bicyclic) bond motifs is 2. The molecule has 138 valence electrons. The van der Waals surface area contributed by atoms with E-state index in [1.165, 1.54) is 34.0 Å². The maximum Gasteiger partial charge on any atom is 0.303 e. The highest BCUT2D eigenvalue weighted by Crippen LogP contribution is 2.41. The smallest absolute Gasteiger partial charge is 0.303 e. The van der Waals surface area contributed by atoms with Gasteiger partial charge in [0.05, 0.1) is 12.8 Å². The molecule has 0 spiro atoms. The van der Waals surface area contributed by atoms with E-state index < -0.39 is 11.9 Å². The first-order valence-electron chi connectivity index (χ1n) is 8.76. The lowest BCUT2D eigenvalue weighted by Crippen LogP contribution is -2.43. The van der Waals surface area contributed by atoms with Crippen LogP contribution in [-0.2, 0) is 16.0 Å². The second-order valence-electron chi connectivity index (χ2n) is 7.10. The third-order valence-corrected chi connectivity index (χ3v) is 5.10. The second kappa shape index (κ2) is 7.33. The molecule has 0 unspecified atom stereocenters. The minimum atomic E-state index is -1.08. The van der Waals surface area contributed by atoms with Gasteiger partial charge in [-0.15, -0.1) is 0 Å². The average molecular weight is 356 g/mol. The summed E-state index contributed by atoms with van der Waals surface area (Å²) in [6.07, 6.45) is 5.26. The molecule has 6 heteroatoms. The fourth-order valence-electron chi connectivity index (χ4n) is 4.00. The van der Waals surface area contributed by atoms with Crippen LogP contribution in [0.15, 0.2) is 36.0 Å². The van der Waals surface area contributed by atoms with Crippen molar-refractivity contribution in [2.24, 2.45) is 0 Å². The van der Waals surface area contributed by atoms with Crippen LogP contribution >= 0.6 is 0 Å². The number of nitrogens with zero attached hydrogens (tertiary/aromatic N) is 1. The van der Waals surface area contributed by atoms with Crippen LogP contribution in [0.4, 0.5) is 0 Å². The van der Waals surface area contributed by atoms with Gasteiger partial charge >= 0.3 is 11.9 Å². The molecule has 1 aromatic heterocycles. The van der Waals surface area contributed by atoms with Gasteiger partial charge in [-0.2, -0.15) is 0 Å². The Balaban J connectivity index is 0.000000211. The van der Waals surface area contributed by atoms with Crippen LogP contribution in [0, 0.1) is 0 Å². The number of aromatic amines is 1. The van der Waals surface area contributed by atoms with Crippen molar-refractivity contribution in [3.8, 4) is 0 Å². The van der Waals surface area contributed by atoms with Crippen LogP contribution in [0.2, 0.25) is 0 Å². The molecule has 26 heavy (non-hydrogen) atoms. The lowest BCUT2D eigenvalue weighted by molar-refractivity contribution is -0.143. The minimum absolute atomic E-state index is 0.296. The summed E-state index contributed by atoms with van der Waals surface area (Å²) in [5.41, 5.74) is 5.78. The summed E-state index contributed by atoms with van der Waals surface area (Å²) in [6, 6.07) is 7.30. The minimum Gasteiger partial charge on any atom is -0.481 e. The maximum absolute atomic E-state index is 9.64. The van der Waals surface area contributed by atoms with Crippen molar-refractivity contribution >= 4 is 22.8 Å². The second-order valence-corrected chi connectivity index (χ2v) is 7.10. The fourth-order valence-corrected chi connectivity index (χ4v) is 4.00. The first kappa shape index (κ1) is 18.2. The van der Waals surface area contributed by atoms with E-state index in [2.05, 4.69) is 54.3 Å². The summed E-state index contributed by atoms with van der Waals surface area (Å²) in [6.45, 7) is 3.36. The van der Waals surface area contributed by atoms with Crippen LogP contribution < -0.4 is 0 Å². The zero-order valence-corrected chi connectivity index (χ0v) is 15.0. The summed E-state index contributed by atoms with van der Waals surface area (Å²) in [7, 11) is 2.26. The molecular formula is C20H24N2O4. The van der Waals surface area contributed by atoms with Gasteiger partial charge in [0.1, 0.15) is 0 Å². The first-order valence-corrected chi connectivity index (χ1v) is 8.76. The Morgan fingerprint density at radius 2 is 1.92 bits per heavy atom. The average Bonchev–Trinajstić information content (AvgIpc) is 2.99. The quantitative estimate of drug-likeness (QED) is 0.735. The Bertz CT molecular complexity index is 854. The van der Waals surface area contributed by atoms with Crippen molar-refractivity contribution in [2.75, 3.05) is 13.6 Å². The van der Waals surface area contributed by atoms with Crippen LogP contribution in [0.5, 0.6) is 0 Å². The van der Waals surface area contributed by atoms with Gasteiger partial charge in [0.2, 0.25) is 0 Å². The molecule has 0 fully saturated rings. The summed E-state index contributed by atoms with van der Waals surface area (Å²) >= 11 is 0. The number of carboxylic acid groups (broad SMARTS) is 2. The first-order chi connectivity index (χ1) is 12.4. The van der Waals surface area contributed by atoms with Gasteiger partial charge in [-0.3, -0.25) is 14.5 Å². The van der Waals surface area contributed by atoms with E-state index in [-0.39, 0.29) is 12.8 Å². The standard InChI is InChI=1S/C16H18N2.C4H6O4/c1-10-6-13-12-4-3-5-14-16(12)11(8-17-14)7-15(13)18(2)9-10;5-3(6)1-2-4(7)8/h3-6,8,13,15,17H,7,9H2,1-2H3;1-2H2,(H,5,6)(H,7,8)/t13-,15-;/m1./s1. The summed E-state index contributed by atoms with van der Waals surface area (Å²) < 4.78 is 0. The van der Waals surface area contributed by atoms with Crippen molar-refractivity contribution in [2.45, 2.75) is 38.1 Å². The van der Waals surface area contributed by atoms with Crippen molar-refractivity contribution in [1.82, 2.24) is 9.88 Å². The Morgan fingerprint density at radius 1 is 1.23 bits per heavy atom. The number of carbonyl (C=O) groups is 2. The van der Waals surface area contributed by atoms with Crippen molar-refractivity contribution in [3.63, 3.8) is 0 Å². The number of hydrogen-bond donors (Lipinski definition) is 3. The number of likely N-dealkylation sites (N-methyl/N-ethyl adjacent to an activating group) is 1. The molecule has 4 rings (SSSR count). The number of carboxylic acids is 2.